The van der Waals surface area contributed by atoms with E-state index in [1.807, 2.05) is 32.1 Å². The van der Waals surface area contributed by atoms with Crippen molar-refractivity contribution >= 4 is 11.6 Å². The molecule has 0 aromatic carbocycles. The summed E-state index contributed by atoms with van der Waals surface area (Å²) in [5, 5.41) is 0. The van der Waals surface area contributed by atoms with Gasteiger partial charge in [0.15, 0.2) is 0 Å². The number of rotatable bonds is 4. The smallest absolute Gasteiger partial charge is 0.134 e. The average molecular weight is 209 g/mol. The minimum atomic E-state index is 0.273. The first-order valence-electron chi connectivity index (χ1n) is 4.98. The lowest BCUT2D eigenvalue weighted by Gasteiger charge is -2.25. The molecule has 0 saturated heterocycles. The van der Waals surface area contributed by atoms with Crippen LogP contribution in [-0.4, -0.2) is 43.7 Å². The predicted molar refractivity (Wildman–Crippen MR) is 63.3 cm³/mol. The molecule has 0 radical (unpaired) electrons. The lowest BCUT2D eigenvalue weighted by Crippen LogP contribution is -2.35. The molecule has 2 N–H and O–H groups in total. The van der Waals surface area contributed by atoms with Crippen molar-refractivity contribution in [2.24, 2.45) is 5.73 Å². The van der Waals surface area contributed by atoms with Crippen molar-refractivity contribution in [3.63, 3.8) is 0 Å². The summed E-state index contributed by atoms with van der Waals surface area (Å²) in [7, 11) is 5.90. The largest absolute Gasteiger partial charge is 0.363 e. The van der Waals surface area contributed by atoms with Gasteiger partial charge in [0.05, 0.1) is 0 Å². The van der Waals surface area contributed by atoms with E-state index in [-0.39, 0.29) is 6.04 Å². The zero-order chi connectivity index (χ0) is 11.4. The Morgan fingerprint density at radius 1 is 1.27 bits per heavy atom. The standard InChI is InChI=1S/C10H19N5/c1-8(6-11)15(4)10-5-9(14(2)3)12-7-13-10/h5,7-8H,6,11H2,1-4H3. The highest BCUT2D eigenvalue weighted by molar-refractivity contribution is 5.49. The first-order valence-corrected chi connectivity index (χ1v) is 4.98. The molecule has 0 aliphatic carbocycles. The van der Waals surface area contributed by atoms with Gasteiger partial charge in [0.1, 0.15) is 18.0 Å². The first-order chi connectivity index (χ1) is 7.06. The van der Waals surface area contributed by atoms with E-state index < -0.39 is 0 Å². The molecule has 84 valence electrons. The Hall–Kier alpha value is -1.36. The number of likely N-dealkylation sites (N-methyl/N-ethyl adjacent to an activating group) is 1. The maximum atomic E-state index is 5.61. The Labute approximate surface area is 90.9 Å². The first kappa shape index (κ1) is 11.7. The molecule has 1 rings (SSSR count). The third-order valence-corrected chi connectivity index (χ3v) is 2.46. The minimum Gasteiger partial charge on any atom is -0.363 e. The highest BCUT2D eigenvalue weighted by atomic mass is 15.2. The van der Waals surface area contributed by atoms with Crippen LogP contribution >= 0.6 is 0 Å². The SMILES string of the molecule is CC(CN)N(C)c1cc(N(C)C)ncn1. The Morgan fingerprint density at radius 2 is 1.87 bits per heavy atom. The van der Waals surface area contributed by atoms with Gasteiger partial charge in [-0.15, -0.1) is 0 Å². The molecule has 0 aliphatic rings. The van der Waals surface area contributed by atoms with Crippen LogP contribution in [-0.2, 0) is 0 Å². The van der Waals surface area contributed by atoms with E-state index in [4.69, 9.17) is 5.73 Å². The van der Waals surface area contributed by atoms with Crippen LogP contribution in [0.4, 0.5) is 11.6 Å². The Morgan fingerprint density at radius 3 is 2.40 bits per heavy atom. The fourth-order valence-corrected chi connectivity index (χ4v) is 1.16. The fourth-order valence-electron chi connectivity index (χ4n) is 1.16. The van der Waals surface area contributed by atoms with E-state index in [1.54, 1.807) is 6.33 Å². The van der Waals surface area contributed by atoms with Crippen molar-refractivity contribution in [1.29, 1.82) is 0 Å². The normalized spacial score (nSPS) is 12.3. The molecule has 1 aromatic rings. The van der Waals surface area contributed by atoms with Crippen LogP contribution in [0.15, 0.2) is 12.4 Å². The summed E-state index contributed by atoms with van der Waals surface area (Å²) in [4.78, 5) is 12.4. The zero-order valence-electron chi connectivity index (χ0n) is 9.81. The minimum absolute atomic E-state index is 0.273. The van der Waals surface area contributed by atoms with Crippen LogP contribution in [0.25, 0.3) is 0 Å². The van der Waals surface area contributed by atoms with E-state index in [1.165, 1.54) is 0 Å². The quantitative estimate of drug-likeness (QED) is 0.774. The molecule has 1 heterocycles. The van der Waals surface area contributed by atoms with E-state index >= 15 is 0 Å². The number of hydrogen-bond donors (Lipinski definition) is 1. The summed E-state index contributed by atoms with van der Waals surface area (Å²) < 4.78 is 0. The van der Waals surface area contributed by atoms with Crippen molar-refractivity contribution in [3.8, 4) is 0 Å². The molecule has 0 bridgehead atoms. The molecule has 15 heavy (non-hydrogen) atoms. The van der Waals surface area contributed by atoms with E-state index in [0.29, 0.717) is 6.54 Å². The Balaban J connectivity index is 2.90. The highest BCUT2D eigenvalue weighted by Gasteiger charge is 2.10. The number of anilines is 2. The van der Waals surface area contributed by atoms with Crippen LogP contribution in [0, 0.1) is 0 Å². The van der Waals surface area contributed by atoms with Gasteiger partial charge in [-0.1, -0.05) is 0 Å². The average Bonchev–Trinajstić information content (AvgIpc) is 2.27. The lowest BCUT2D eigenvalue weighted by molar-refractivity contribution is 0.686. The molecule has 0 aliphatic heterocycles. The zero-order valence-corrected chi connectivity index (χ0v) is 9.81. The monoisotopic (exact) mass is 209 g/mol. The molecular formula is C10H19N5. The number of nitrogens with two attached hydrogens (primary N) is 1. The van der Waals surface area contributed by atoms with Gasteiger partial charge in [-0.2, -0.15) is 0 Å². The summed E-state index contributed by atoms with van der Waals surface area (Å²) in [5.74, 6) is 1.79. The summed E-state index contributed by atoms with van der Waals surface area (Å²) in [5.41, 5.74) is 5.61. The molecule has 5 nitrogen and oxygen atoms in total. The third kappa shape index (κ3) is 2.79. The van der Waals surface area contributed by atoms with E-state index in [2.05, 4.69) is 21.8 Å². The second-order valence-corrected chi connectivity index (χ2v) is 3.82. The maximum Gasteiger partial charge on any atom is 0.134 e. The fraction of sp³-hybridized carbons (Fsp3) is 0.600. The van der Waals surface area contributed by atoms with Crippen molar-refractivity contribution in [2.45, 2.75) is 13.0 Å². The van der Waals surface area contributed by atoms with Crippen LogP contribution in [0.3, 0.4) is 0 Å². The highest BCUT2D eigenvalue weighted by Crippen LogP contribution is 2.15. The lowest BCUT2D eigenvalue weighted by atomic mass is 10.3. The van der Waals surface area contributed by atoms with Crippen LogP contribution in [0.2, 0.25) is 0 Å². The second kappa shape index (κ2) is 4.93. The van der Waals surface area contributed by atoms with Crippen LogP contribution in [0.5, 0.6) is 0 Å². The van der Waals surface area contributed by atoms with Crippen LogP contribution in [0.1, 0.15) is 6.92 Å². The van der Waals surface area contributed by atoms with Gasteiger partial charge in [0.2, 0.25) is 0 Å². The third-order valence-electron chi connectivity index (χ3n) is 2.46. The second-order valence-electron chi connectivity index (χ2n) is 3.82. The summed E-state index contributed by atoms with van der Waals surface area (Å²) in [6, 6.07) is 2.22. The van der Waals surface area contributed by atoms with Crippen molar-refractivity contribution in [1.82, 2.24) is 9.97 Å². The maximum absolute atomic E-state index is 5.61. The summed E-state index contributed by atoms with van der Waals surface area (Å²) in [6.07, 6.45) is 1.57. The predicted octanol–water partition coefficient (Wildman–Crippen LogP) is 0.326. The van der Waals surface area contributed by atoms with Gasteiger partial charge in [-0.25, -0.2) is 9.97 Å². The van der Waals surface area contributed by atoms with Crippen molar-refractivity contribution < 1.29 is 0 Å². The Bertz CT molecular complexity index is 312. The molecule has 5 heteroatoms. The van der Waals surface area contributed by atoms with Crippen molar-refractivity contribution in [2.75, 3.05) is 37.5 Å². The summed E-state index contributed by atoms with van der Waals surface area (Å²) in [6.45, 7) is 2.68. The van der Waals surface area contributed by atoms with Gasteiger partial charge in [-0.05, 0) is 6.92 Å². The van der Waals surface area contributed by atoms with Gasteiger partial charge in [0, 0.05) is 39.8 Å². The molecule has 1 aromatic heterocycles. The molecule has 0 saturated carbocycles. The number of nitrogens with zero attached hydrogens (tertiary/aromatic N) is 4. The molecule has 1 unspecified atom stereocenters. The Kier molecular flexibility index (Phi) is 3.85. The number of hydrogen-bond acceptors (Lipinski definition) is 5. The topological polar surface area (TPSA) is 58.3 Å². The van der Waals surface area contributed by atoms with Gasteiger partial charge < -0.3 is 15.5 Å². The van der Waals surface area contributed by atoms with Gasteiger partial charge in [-0.3, -0.25) is 0 Å². The molecule has 1 atom stereocenters. The van der Waals surface area contributed by atoms with Gasteiger partial charge >= 0.3 is 0 Å². The number of aromatic nitrogens is 2. The van der Waals surface area contributed by atoms with E-state index in [0.717, 1.165) is 11.6 Å². The van der Waals surface area contributed by atoms with Crippen LogP contribution < -0.4 is 15.5 Å². The van der Waals surface area contributed by atoms with E-state index in [9.17, 15) is 0 Å². The molecule has 0 fully saturated rings. The summed E-state index contributed by atoms with van der Waals surface area (Å²) >= 11 is 0. The molecule has 0 spiro atoms. The molecule has 0 amide bonds. The van der Waals surface area contributed by atoms with Crippen molar-refractivity contribution in [3.05, 3.63) is 12.4 Å². The van der Waals surface area contributed by atoms with Gasteiger partial charge in [0.25, 0.3) is 0 Å². The molecular weight excluding hydrogens is 190 g/mol.